The van der Waals surface area contributed by atoms with Crippen molar-refractivity contribution in [2.75, 3.05) is 13.2 Å². The molecule has 0 radical (unpaired) electrons. The topological polar surface area (TPSA) is 82.2 Å². The molecule has 0 fully saturated rings. The van der Waals surface area contributed by atoms with Crippen molar-refractivity contribution in [3.8, 4) is 5.75 Å². The fourth-order valence-corrected chi connectivity index (χ4v) is 1.41. The Morgan fingerprint density at radius 1 is 1.58 bits per heavy atom. The lowest BCUT2D eigenvalue weighted by Gasteiger charge is -2.25. The number of ether oxygens (including phenoxy) is 1. The molecule has 6 nitrogen and oxygen atoms in total. The maximum atomic E-state index is 12.1. The standard InChI is InChI=1S/C12H22N4O2.ClH/c1-9(2)15-11(17)12(3,4)16-8-10(7-14-16)18-6-5-13;/h7-9H,5-6,13H2,1-4H3,(H,15,17);1H. The zero-order valence-electron chi connectivity index (χ0n) is 11.8. The number of aromatic nitrogens is 2. The van der Waals surface area contributed by atoms with Crippen LogP contribution < -0.4 is 15.8 Å². The number of halogens is 1. The Hall–Kier alpha value is -1.27. The lowest BCUT2D eigenvalue weighted by Crippen LogP contribution is -2.47. The van der Waals surface area contributed by atoms with Gasteiger partial charge in [0.1, 0.15) is 12.1 Å². The van der Waals surface area contributed by atoms with Gasteiger partial charge in [0.2, 0.25) is 5.91 Å². The number of hydrogen-bond donors (Lipinski definition) is 2. The van der Waals surface area contributed by atoms with Crippen molar-refractivity contribution in [3.05, 3.63) is 12.4 Å². The summed E-state index contributed by atoms with van der Waals surface area (Å²) in [4.78, 5) is 12.1. The largest absolute Gasteiger partial charge is 0.489 e. The second-order valence-corrected chi connectivity index (χ2v) is 4.94. The van der Waals surface area contributed by atoms with Crippen LogP contribution in [0.25, 0.3) is 0 Å². The van der Waals surface area contributed by atoms with Crippen LogP contribution in [-0.2, 0) is 10.3 Å². The van der Waals surface area contributed by atoms with Crippen molar-refractivity contribution in [1.29, 1.82) is 0 Å². The minimum Gasteiger partial charge on any atom is -0.489 e. The molecule has 0 aliphatic carbocycles. The first-order valence-electron chi connectivity index (χ1n) is 6.07. The van der Waals surface area contributed by atoms with E-state index in [0.29, 0.717) is 18.9 Å². The van der Waals surface area contributed by atoms with Crippen LogP contribution in [0.2, 0.25) is 0 Å². The Morgan fingerprint density at radius 2 is 2.21 bits per heavy atom. The Balaban J connectivity index is 0.00000324. The molecule has 0 atom stereocenters. The second-order valence-electron chi connectivity index (χ2n) is 4.94. The Kier molecular flexibility index (Phi) is 6.86. The van der Waals surface area contributed by atoms with Gasteiger partial charge in [0, 0.05) is 12.6 Å². The molecular weight excluding hydrogens is 268 g/mol. The molecule has 1 heterocycles. The van der Waals surface area contributed by atoms with Crippen molar-refractivity contribution in [1.82, 2.24) is 15.1 Å². The normalized spacial score (nSPS) is 11.1. The number of hydrogen-bond acceptors (Lipinski definition) is 4. The average Bonchev–Trinajstić information content (AvgIpc) is 2.74. The van der Waals surface area contributed by atoms with Crippen molar-refractivity contribution in [3.63, 3.8) is 0 Å². The minimum atomic E-state index is -0.755. The quantitative estimate of drug-likeness (QED) is 0.815. The van der Waals surface area contributed by atoms with Crippen LogP contribution >= 0.6 is 12.4 Å². The summed E-state index contributed by atoms with van der Waals surface area (Å²) in [5.74, 6) is 0.539. The van der Waals surface area contributed by atoms with Crippen molar-refractivity contribution < 1.29 is 9.53 Å². The third kappa shape index (κ3) is 4.72. The lowest BCUT2D eigenvalue weighted by molar-refractivity contribution is -0.129. The molecule has 1 amide bonds. The van der Waals surface area contributed by atoms with Gasteiger partial charge in [-0.15, -0.1) is 12.4 Å². The third-order valence-electron chi connectivity index (χ3n) is 2.49. The minimum absolute atomic E-state index is 0. The van der Waals surface area contributed by atoms with Crippen LogP contribution in [-0.4, -0.2) is 34.9 Å². The first kappa shape index (κ1) is 17.7. The number of carbonyl (C=O) groups is 1. The van der Waals surface area contributed by atoms with Crippen molar-refractivity contribution >= 4 is 18.3 Å². The van der Waals surface area contributed by atoms with Gasteiger partial charge in [0.05, 0.1) is 12.4 Å². The Morgan fingerprint density at radius 3 is 2.74 bits per heavy atom. The number of amides is 1. The summed E-state index contributed by atoms with van der Waals surface area (Å²) >= 11 is 0. The molecule has 7 heteroatoms. The summed E-state index contributed by atoms with van der Waals surface area (Å²) in [7, 11) is 0. The number of nitrogens with zero attached hydrogens (tertiary/aromatic N) is 2. The van der Waals surface area contributed by atoms with E-state index in [9.17, 15) is 4.79 Å². The van der Waals surface area contributed by atoms with E-state index in [1.54, 1.807) is 17.1 Å². The lowest BCUT2D eigenvalue weighted by atomic mass is 10.0. The van der Waals surface area contributed by atoms with Gasteiger partial charge in [-0.05, 0) is 27.7 Å². The second kappa shape index (κ2) is 7.35. The van der Waals surface area contributed by atoms with E-state index in [1.165, 1.54) is 0 Å². The van der Waals surface area contributed by atoms with E-state index in [0.717, 1.165) is 0 Å². The summed E-state index contributed by atoms with van der Waals surface area (Å²) in [5.41, 5.74) is 4.60. The molecule has 110 valence electrons. The fourth-order valence-electron chi connectivity index (χ4n) is 1.41. The molecular formula is C12H23ClN4O2. The van der Waals surface area contributed by atoms with Gasteiger partial charge in [-0.25, -0.2) is 0 Å². The molecule has 0 aliphatic heterocycles. The van der Waals surface area contributed by atoms with E-state index < -0.39 is 5.54 Å². The molecule has 0 unspecified atom stereocenters. The molecule has 0 bridgehead atoms. The van der Waals surface area contributed by atoms with Gasteiger partial charge in [-0.3, -0.25) is 9.48 Å². The molecule has 1 aromatic rings. The predicted molar refractivity (Wildman–Crippen MR) is 76.6 cm³/mol. The molecule has 0 aromatic carbocycles. The Labute approximate surface area is 120 Å². The van der Waals surface area contributed by atoms with Crippen LogP contribution in [0.1, 0.15) is 27.7 Å². The SMILES string of the molecule is CC(C)NC(=O)C(C)(C)n1cc(OCCN)cn1.Cl. The highest BCUT2D eigenvalue weighted by Gasteiger charge is 2.31. The summed E-state index contributed by atoms with van der Waals surface area (Å²) in [6, 6.07) is 0.0975. The molecule has 3 N–H and O–H groups in total. The number of nitrogens with one attached hydrogen (secondary N) is 1. The summed E-state index contributed by atoms with van der Waals surface area (Å²) in [5, 5.41) is 7.03. The van der Waals surface area contributed by atoms with Crippen LogP contribution in [0.4, 0.5) is 0 Å². The molecule has 19 heavy (non-hydrogen) atoms. The van der Waals surface area contributed by atoms with E-state index in [1.807, 2.05) is 27.7 Å². The van der Waals surface area contributed by atoms with Gasteiger partial charge in [0.15, 0.2) is 5.75 Å². The maximum Gasteiger partial charge on any atom is 0.247 e. The third-order valence-corrected chi connectivity index (χ3v) is 2.49. The zero-order chi connectivity index (χ0) is 13.8. The van der Waals surface area contributed by atoms with Gasteiger partial charge in [0.25, 0.3) is 0 Å². The highest BCUT2D eigenvalue weighted by Crippen LogP contribution is 2.18. The molecule has 1 aromatic heterocycles. The number of nitrogens with two attached hydrogens (primary N) is 1. The highest BCUT2D eigenvalue weighted by molar-refractivity contribution is 5.85. The van der Waals surface area contributed by atoms with E-state index >= 15 is 0 Å². The summed E-state index contributed by atoms with van der Waals surface area (Å²) < 4.78 is 6.95. The molecule has 0 saturated carbocycles. The smallest absolute Gasteiger partial charge is 0.247 e. The van der Waals surface area contributed by atoms with Crippen LogP contribution in [0.5, 0.6) is 5.75 Å². The monoisotopic (exact) mass is 290 g/mol. The summed E-state index contributed by atoms with van der Waals surface area (Å²) in [6.45, 7) is 8.35. The predicted octanol–water partition coefficient (Wildman–Crippen LogP) is 0.902. The molecule has 0 saturated heterocycles. The van der Waals surface area contributed by atoms with Gasteiger partial charge in [-0.2, -0.15) is 5.10 Å². The number of carbonyl (C=O) groups excluding carboxylic acids is 1. The Bertz CT molecular complexity index is 404. The van der Waals surface area contributed by atoms with E-state index in [-0.39, 0.29) is 24.4 Å². The molecule has 0 aliphatic rings. The van der Waals surface area contributed by atoms with Crippen molar-refractivity contribution in [2.24, 2.45) is 5.73 Å². The highest BCUT2D eigenvalue weighted by atomic mass is 35.5. The van der Waals surface area contributed by atoms with Gasteiger partial charge >= 0.3 is 0 Å². The fraction of sp³-hybridized carbons (Fsp3) is 0.667. The number of rotatable bonds is 6. The molecule has 0 spiro atoms. The summed E-state index contributed by atoms with van der Waals surface area (Å²) in [6.07, 6.45) is 3.29. The maximum absolute atomic E-state index is 12.1. The first-order valence-corrected chi connectivity index (χ1v) is 6.07. The molecule has 1 rings (SSSR count). The van der Waals surface area contributed by atoms with Gasteiger partial charge < -0.3 is 15.8 Å². The van der Waals surface area contributed by atoms with Crippen LogP contribution in [0, 0.1) is 0 Å². The first-order chi connectivity index (χ1) is 8.37. The van der Waals surface area contributed by atoms with Crippen molar-refractivity contribution in [2.45, 2.75) is 39.3 Å². The van der Waals surface area contributed by atoms with Gasteiger partial charge in [-0.1, -0.05) is 0 Å². The van der Waals surface area contributed by atoms with E-state index in [4.69, 9.17) is 10.5 Å². The van der Waals surface area contributed by atoms with E-state index in [2.05, 4.69) is 10.4 Å². The van der Waals surface area contributed by atoms with Crippen LogP contribution in [0.3, 0.4) is 0 Å². The average molecular weight is 291 g/mol. The zero-order valence-corrected chi connectivity index (χ0v) is 12.7. The van der Waals surface area contributed by atoms with Crippen LogP contribution in [0.15, 0.2) is 12.4 Å².